The lowest BCUT2D eigenvalue weighted by Crippen LogP contribution is -2.38. The summed E-state index contributed by atoms with van der Waals surface area (Å²) < 4.78 is 7.21. The molecule has 18 heavy (non-hydrogen) atoms. The second-order valence-corrected chi connectivity index (χ2v) is 3.70. The number of aromatic carboxylic acids is 1. The molecule has 0 radical (unpaired) electrons. The van der Waals surface area contributed by atoms with E-state index < -0.39 is 17.2 Å². The molecule has 0 aliphatic rings. The quantitative estimate of drug-likeness (QED) is 0.819. The molecule has 0 aliphatic carbocycles. The summed E-state index contributed by atoms with van der Waals surface area (Å²) in [5, 5.41) is 8.69. The highest BCUT2D eigenvalue weighted by Gasteiger charge is 2.11. The molecular weight excluding hydrogens is 240 g/mol. The van der Waals surface area contributed by atoms with Crippen molar-refractivity contribution in [1.29, 1.82) is 0 Å². The zero-order valence-corrected chi connectivity index (χ0v) is 9.49. The van der Waals surface area contributed by atoms with Gasteiger partial charge in [0, 0.05) is 19.3 Å². The van der Waals surface area contributed by atoms with Crippen LogP contribution in [0, 0.1) is 0 Å². The van der Waals surface area contributed by atoms with Crippen LogP contribution in [0.15, 0.2) is 38.4 Å². The Hall–Kier alpha value is -2.57. The maximum absolute atomic E-state index is 11.7. The van der Waals surface area contributed by atoms with Gasteiger partial charge in [0.15, 0.2) is 0 Å². The van der Waals surface area contributed by atoms with Crippen LogP contribution in [0.4, 0.5) is 0 Å². The van der Waals surface area contributed by atoms with Crippen molar-refractivity contribution in [3.63, 3.8) is 0 Å². The summed E-state index contributed by atoms with van der Waals surface area (Å²) in [5.74, 6) is -1.20. The van der Waals surface area contributed by atoms with E-state index in [2.05, 4.69) is 0 Å². The molecule has 0 spiro atoms. The van der Waals surface area contributed by atoms with Crippen molar-refractivity contribution >= 4 is 5.97 Å². The molecule has 7 heteroatoms. The average Bonchev–Trinajstić information content (AvgIpc) is 2.78. The third-order valence-corrected chi connectivity index (χ3v) is 2.43. The van der Waals surface area contributed by atoms with Crippen molar-refractivity contribution in [3.8, 4) is 0 Å². The van der Waals surface area contributed by atoms with Crippen LogP contribution in [0.3, 0.4) is 0 Å². The van der Waals surface area contributed by atoms with E-state index in [0.29, 0.717) is 0 Å². The van der Waals surface area contributed by atoms with Gasteiger partial charge >= 0.3 is 11.7 Å². The highest BCUT2D eigenvalue weighted by atomic mass is 16.4. The maximum atomic E-state index is 11.7. The third-order valence-electron chi connectivity index (χ3n) is 2.43. The Bertz CT molecular complexity index is 707. The van der Waals surface area contributed by atoms with Gasteiger partial charge in [0.2, 0.25) is 5.76 Å². The van der Waals surface area contributed by atoms with Gasteiger partial charge in [-0.25, -0.2) is 9.59 Å². The molecule has 0 saturated carbocycles. The molecule has 0 atom stereocenters. The number of carboxylic acids is 1. The van der Waals surface area contributed by atoms with Gasteiger partial charge in [-0.1, -0.05) is 0 Å². The predicted molar refractivity (Wildman–Crippen MR) is 60.7 cm³/mol. The zero-order valence-electron chi connectivity index (χ0n) is 9.49. The second-order valence-electron chi connectivity index (χ2n) is 3.70. The average molecular weight is 250 g/mol. The lowest BCUT2D eigenvalue weighted by molar-refractivity contribution is 0.0660. The van der Waals surface area contributed by atoms with Crippen molar-refractivity contribution in [1.82, 2.24) is 9.13 Å². The van der Waals surface area contributed by atoms with E-state index in [-0.39, 0.29) is 18.1 Å². The van der Waals surface area contributed by atoms with E-state index in [9.17, 15) is 14.4 Å². The summed E-state index contributed by atoms with van der Waals surface area (Å²) in [5.41, 5.74) is -0.956. The first-order valence-corrected chi connectivity index (χ1v) is 5.07. The molecule has 0 aliphatic heterocycles. The van der Waals surface area contributed by atoms with Crippen LogP contribution in [-0.2, 0) is 13.6 Å². The van der Waals surface area contributed by atoms with Gasteiger partial charge in [0.1, 0.15) is 5.76 Å². The van der Waals surface area contributed by atoms with Gasteiger partial charge in [-0.15, -0.1) is 0 Å². The standard InChI is InChI=1S/C11H10N2O5/c1-12-5-4-9(14)13(11(12)17)6-7-2-3-8(18-7)10(15)16/h2-5H,6H2,1H3,(H,15,16). The number of aryl methyl sites for hydroxylation is 1. The second kappa shape index (κ2) is 4.36. The molecule has 0 aromatic carbocycles. The van der Waals surface area contributed by atoms with Crippen LogP contribution in [0.2, 0.25) is 0 Å². The molecule has 0 unspecified atom stereocenters. The normalized spacial score (nSPS) is 10.5. The smallest absolute Gasteiger partial charge is 0.371 e. The van der Waals surface area contributed by atoms with E-state index in [1.165, 1.54) is 36.0 Å². The number of furan rings is 1. The van der Waals surface area contributed by atoms with Gasteiger partial charge in [-0.05, 0) is 12.1 Å². The number of nitrogens with zero attached hydrogens (tertiary/aromatic N) is 2. The van der Waals surface area contributed by atoms with E-state index in [4.69, 9.17) is 9.52 Å². The minimum absolute atomic E-state index is 0.0976. The van der Waals surface area contributed by atoms with Crippen LogP contribution in [0.1, 0.15) is 16.3 Å². The minimum atomic E-state index is -1.20. The summed E-state index contributed by atoms with van der Waals surface area (Å²) in [7, 11) is 1.52. The van der Waals surface area contributed by atoms with Gasteiger partial charge in [0.05, 0.1) is 6.54 Å². The van der Waals surface area contributed by atoms with Crippen molar-refractivity contribution in [3.05, 3.63) is 56.8 Å². The number of aromatic nitrogens is 2. The Balaban J connectivity index is 2.40. The first kappa shape index (κ1) is 11.9. The van der Waals surface area contributed by atoms with Gasteiger partial charge in [0.25, 0.3) is 5.56 Å². The van der Waals surface area contributed by atoms with Crippen LogP contribution in [-0.4, -0.2) is 20.2 Å². The Morgan fingerprint density at radius 2 is 2.06 bits per heavy atom. The fourth-order valence-electron chi connectivity index (χ4n) is 1.49. The number of hydrogen-bond donors (Lipinski definition) is 1. The minimum Gasteiger partial charge on any atom is -0.475 e. The summed E-state index contributed by atoms with van der Waals surface area (Å²) >= 11 is 0. The third kappa shape index (κ3) is 2.10. The van der Waals surface area contributed by atoms with Crippen LogP contribution >= 0.6 is 0 Å². The van der Waals surface area contributed by atoms with Crippen molar-refractivity contribution in [2.75, 3.05) is 0 Å². The molecule has 2 rings (SSSR count). The molecular formula is C11H10N2O5. The fraction of sp³-hybridized carbons (Fsp3) is 0.182. The number of rotatable bonds is 3. The molecule has 0 fully saturated rings. The number of carbonyl (C=O) groups is 1. The maximum Gasteiger partial charge on any atom is 0.371 e. The number of hydrogen-bond acceptors (Lipinski definition) is 4. The Labute approximate surface area is 101 Å². The zero-order chi connectivity index (χ0) is 13.3. The highest BCUT2D eigenvalue weighted by Crippen LogP contribution is 2.07. The first-order chi connectivity index (χ1) is 8.49. The van der Waals surface area contributed by atoms with Crippen molar-refractivity contribution in [2.45, 2.75) is 6.54 Å². The lowest BCUT2D eigenvalue weighted by Gasteiger charge is -2.03. The van der Waals surface area contributed by atoms with E-state index in [1.807, 2.05) is 0 Å². The predicted octanol–water partition coefficient (Wildman–Crippen LogP) is -0.113. The van der Waals surface area contributed by atoms with Crippen LogP contribution in [0.25, 0.3) is 0 Å². The molecule has 2 aromatic heterocycles. The highest BCUT2D eigenvalue weighted by molar-refractivity contribution is 5.84. The molecule has 0 saturated heterocycles. The van der Waals surface area contributed by atoms with Crippen LogP contribution in [0.5, 0.6) is 0 Å². The molecule has 94 valence electrons. The van der Waals surface area contributed by atoms with Gasteiger partial charge < -0.3 is 14.1 Å². The summed E-state index contributed by atoms with van der Waals surface area (Å²) in [6.07, 6.45) is 1.37. The van der Waals surface area contributed by atoms with Crippen molar-refractivity contribution < 1.29 is 14.3 Å². The Morgan fingerprint density at radius 1 is 1.33 bits per heavy atom. The molecule has 2 aromatic rings. The van der Waals surface area contributed by atoms with E-state index in [1.54, 1.807) is 0 Å². The topological polar surface area (TPSA) is 94.4 Å². The molecule has 1 N–H and O–H groups in total. The monoisotopic (exact) mass is 250 g/mol. The van der Waals surface area contributed by atoms with Gasteiger partial charge in [-0.3, -0.25) is 9.36 Å². The molecule has 7 nitrogen and oxygen atoms in total. The largest absolute Gasteiger partial charge is 0.475 e. The fourth-order valence-corrected chi connectivity index (χ4v) is 1.49. The van der Waals surface area contributed by atoms with E-state index in [0.717, 1.165) is 4.57 Å². The van der Waals surface area contributed by atoms with Gasteiger partial charge in [-0.2, -0.15) is 0 Å². The molecule has 2 heterocycles. The Kier molecular flexibility index (Phi) is 2.88. The summed E-state index contributed by atoms with van der Waals surface area (Å²) in [4.78, 5) is 33.9. The first-order valence-electron chi connectivity index (χ1n) is 5.07. The lowest BCUT2D eigenvalue weighted by atomic mass is 10.4. The number of carboxylic acid groups (broad SMARTS) is 1. The van der Waals surface area contributed by atoms with Crippen LogP contribution < -0.4 is 11.2 Å². The molecule has 0 bridgehead atoms. The Morgan fingerprint density at radius 3 is 2.67 bits per heavy atom. The summed E-state index contributed by atoms with van der Waals surface area (Å²) in [6, 6.07) is 3.95. The SMILES string of the molecule is Cn1ccc(=O)n(Cc2ccc(C(=O)O)o2)c1=O. The van der Waals surface area contributed by atoms with E-state index >= 15 is 0 Å². The van der Waals surface area contributed by atoms with Crippen molar-refractivity contribution in [2.24, 2.45) is 7.05 Å². The molecule has 0 amide bonds. The summed E-state index contributed by atoms with van der Waals surface area (Å²) in [6.45, 7) is -0.0976.